The Balaban J connectivity index is 1.41. The fourth-order valence-corrected chi connectivity index (χ4v) is 5.06. The van der Waals surface area contributed by atoms with Gasteiger partial charge < -0.3 is 19.4 Å². The number of nitrogens with one attached hydrogen (secondary N) is 1. The molecule has 2 aliphatic heterocycles. The Bertz CT molecular complexity index is 1010. The Morgan fingerprint density at radius 1 is 1.17 bits per heavy atom. The molecule has 1 atom stereocenters. The van der Waals surface area contributed by atoms with Crippen molar-refractivity contribution in [1.29, 1.82) is 0 Å². The average molecular weight is 433 g/mol. The summed E-state index contributed by atoms with van der Waals surface area (Å²) in [6.45, 7) is 1.93. The molecule has 30 heavy (non-hydrogen) atoms. The summed E-state index contributed by atoms with van der Waals surface area (Å²) < 4.78 is 37.5. The molecular formula is C20H23N3O6S. The molecule has 160 valence electrons. The van der Waals surface area contributed by atoms with Gasteiger partial charge in [0.25, 0.3) is 0 Å². The molecule has 3 heterocycles. The van der Waals surface area contributed by atoms with Crippen LogP contribution in [0.25, 0.3) is 0 Å². The molecule has 2 aromatic rings. The Labute approximate surface area is 174 Å². The van der Waals surface area contributed by atoms with Crippen LogP contribution in [0.15, 0.2) is 52.0 Å². The van der Waals surface area contributed by atoms with Crippen molar-refractivity contribution in [3.8, 4) is 0 Å². The van der Waals surface area contributed by atoms with Crippen molar-refractivity contribution in [2.75, 3.05) is 38.2 Å². The first-order valence-electron chi connectivity index (χ1n) is 9.72. The topological polar surface area (TPSA) is 109 Å². The number of sulfonamides is 1. The zero-order valence-electron chi connectivity index (χ0n) is 16.3. The smallest absolute Gasteiger partial charge is 0.243 e. The number of furan rings is 1. The van der Waals surface area contributed by atoms with Crippen molar-refractivity contribution in [1.82, 2.24) is 9.21 Å². The number of carbonyl (C=O) groups is 2. The van der Waals surface area contributed by atoms with E-state index >= 15 is 0 Å². The molecular weight excluding hydrogens is 410 g/mol. The van der Waals surface area contributed by atoms with Crippen LogP contribution in [0.3, 0.4) is 0 Å². The highest BCUT2D eigenvalue weighted by Gasteiger charge is 2.35. The lowest BCUT2D eigenvalue weighted by Crippen LogP contribution is -2.40. The minimum atomic E-state index is -3.66. The first-order chi connectivity index (χ1) is 14.4. The van der Waals surface area contributed by atoms with Crippen molar-refractivity contribution < 1.29 is 27.2 Å². The molecule has 2 fully saturated rings. The molecule has 4 rings (SSSR count). The van der Waals surface area contributed by atoms with Gasteiger partial charge in [-0.1, -0.05) is 6.07 Å². The second-order valence-electron chi connectivity index (χ2n) is 7.29. The second-order valence-corrected chi connectivity index (χ2v) is 9.23. The van der Waals surface area contributed by atoms with E-state index in [4.69, 9.17) is 9.15 Å². The number of hydrogen-bond acceptors (Lipinski definition) is 6. The number of benzene rings is 1. The number of amides is 2. The summed E-state index contributed by atoms with van der Waals surface area (Å²) in [4.78, 5) is 26.6. The van der Waals surface area contributed by atoms with Crippen LogP contribution in [-0.2, 0) is 30.9 Å². The molecule has 0 spiro atoms. The van der Waals surface area contributed by atoms with E-state index in [9.17, 15) is 18.0 Å². The van der Waals surface area contributed by atoms with E-state index in [1.165, 1.54) is 22.7 Å². The summed E-state index contributed by atoms with van der Waals surface area (Å²) in [6, 6.07) is 9.70. The number of ether oxygens (including phenoxy) is 1. The van der Waals surface area contributed by atoms with Gasteiger partial charge in [-0.3, -0.25) is 9.59 Å². The molecule has 2 amide bonds. The molecule has 0 aliphatic carbocycles. The Kier molecular flexibility index (Phi) is 5.89. The molecule has 9 nitrogen and oxygen atoms in total. The molecule has 1 aromatic heterocycles. The van der Waals surface area contributed by atoms with E-state index in [1.807, 2.05) is 0 Å². The SMILES string of the molecule is O=C(Nc1cccc(S(=O)(=O)N2CCOCC2)c1)[C@H]1CC(=O)N(Cc2ccco2)C1. The highest BCUT2D eigenvalue weighted by Crippen LogP contribution is 2.24. The average Bonchev–Trinajstić information content (AvgIpc) is 3.39. The van der Waals surface area contributed by atoms with Crippen LogP contribution >= 0.6 is 0 Å². The third-order valence-electron chi connectivity index (χ3n) is 5.22. The lowest BCUT2D eigenvalue weighted by Gasteiger charge is -2.26. The fraction of sp³-hybridized carbons (Fsp3) is 0.400. The Hall–Kier alpha value is -2.69. The summed E-state index contributed by atoms with van der Waals surface area (Å²) in [7, 11) is -3.66. The van der Waals surface area contributed by atoms with Gasteiger partial charge in [0.2, 0.25) is 21.8 Å². The zero-order valence-corrected chi connectivity index (χ0v) is 17.1. The fourth-order valence-electron chi connectivity index (χ4n) is 3.61. The van der Waals surface area contributed by atoms with E-state index in [1.54, 1.807) is 29.2 Å². The highest BCUT2D eigenvalue weighted by atomic mass is 32.2. The number of rotatable bonds is 6. The molecule has 0 bridgehead atoms. The molecule has 0 unspecified atom stereocenters. The maximum atomic E-state index is 12.8. The largest absolute Gasteiger partial charge is 0.467 e. The van der Waals surface area contributed by atoms with Gasteiger partial charge in [-0.05, 0) is 30.3 Å². The summed E-state index contributed by atoms with van der Waals surface area (Å²) >= 11 is 0. The second kappa shape index (κ2) is 8.58. The van der Waals surface area contributed by atoms with Crippen LogP contribution in [0.5, 0.6) is 0 Å². The minimum absolute atomic E-state index is 0.109. The van der Waals surface area contributed by atoms with Crippen LogP contribution in [0.1, 0.15) is 12.2 Å². The van der Waals surface area contributed by atoms with Crippen LogP contribution in [0.2, 0.25) is 0 Å². The number of likely N-dealkylation sites (tertiary alicyclic amines) is 1. The number of morpholine rings is 1. The quantitative estimate of drug-likeness (QED) is 0.735. The summed E-state index contributed by atoms with van der Waals surface area (Å²) in [5, 5.41) is 2.75. The van der Waals surface area contributed by atoms with Gasteiger partial charge in [0, 0.05) is 31.7 Å². The van der Waals surface area contributed by atoms with E-state index in [2.05, 4.69) is 5.32 Å². The third kappa shape index (κ3) is 4.40. The van der Waals surface area contributed by atoms with Crippen molar-refractivity contribution >= 4 is 27.5 Å². The molecule has 10 heteroatoms. The van der Waals surface area contributed by atoms with Crippen LogP contribution < -0.4 is 5.32 Å². The van der Waals surface area contributed by atoms with Gasteiger partial charge in [-0.25, -0.2) is 8.42 Å². The first-order valence-corrected chi connectivity index (χ1v) is 11.2. The van der Waals surface area contributed by atoms with Gasteiger partial charge in [-0.15, -0.1) is 0 Å². The summed E-state index contributed by atoms with van der Waals surface area (Å²) in [5.41, 5.74) is 0.381. The maximum Gasteiger partial charge on any atom is 0.243 e. The number of anilines is 1. The predicted molar refractivity (Wildman–Crippen MR) is 107 cm³/mol. The third-order valence-corrected chi connectivity index (χ3v) is 7.12. The van der Waals surface area contributed by atoms with Gasteiger partial charge in [-0.2, -0.15) is 4.31 Å². The van der Waals surface area contributed by atoms with E-state index < -0.39 is 15.9 Å². The molecule has 1 N–H and O–H groups in total. The van der Waals surface area contributed by atoms with Gasteiger partial charge in [0.15, 0.2) is 0 Å². The van der Waals surface area contributed by atoms with E-state index in [-0.39, 0.29) is 29.7 Å². The lowest BCUT2D eigenvalue weighted by atomic mass is 10.1. The lowest BCUT2D eigenvalue weighted by molar-refractivity contribution is -0.128. The monoisotopic (exact) mass is 433 g/mol. The zero-order chi connectivity index (χ0) is 21.1. The van der Waals surface area contributed by atoms with Gasteiger partial charge in [0.05, 0.1) is 36.8 Å². The minimum Gasteiger partial charge on any atom is -0.467 e. The normalized spacial score (nSPS) is 20.5. The molecule has 0 radical (unpaired) electrons. The van der Waals surface area contributed by atoms with Crippen molar-refractivity contribution in [3.63, 3.8) is 0 Å². The molecule has 2 aliphatic rings. The first kappa shape index (κ1) is 20.6. The van der Waals surface area contributed by atoms with E-state index in [0.29, 0.717) is 44.3 Å². The van der Waals surface area contributed by atoms with E-state index in [0.717, 1.165) is 0 Å². The van der Waals surface area contributed by atoms with Crippen molar-refractivity contribution in [2.45, 2.75) is 17.9 Å². The Morgan fingerprint density at radius 2 is 1.97 bits per heavy atom. The molecule has 1 aromatic carbocycles. The molecule has 0 saturated carbocycles. The van der Waals surface area contributed by atoms with Gasteiger partial charge >= 0.3 is 0 Å². The van der Waals surface area contributed by atoms with Crippen LogP contribution in [0.4, 0.5) is 5.69 Å². The number of hydrogen-bond donors (Lipinski definition) is 1. The Morgan fingerprint density at radius 3 is 2.70 bits per heavy atom. The molecule has 2 saturated heterocycles. The predicted octanol–water partition coefficient (Wildman–Crippen LogP) is 1.29. The number of carbonyl (C=O) groups excluding carboxylic acids is 2. The van der Waals surface area contributed by atoms with Crippen molar-refractivity contribution in [2.24, 2.45) is 5.92 Å². The summed E-state index contributed by atoms with van der Waals surface area (Å²) in [5.74, 6) is -0.279. The maximum absolute atomic E-state index is 12.8. The number of nitrogens with zero attached hydrogens (tertiary/aromatic N) is 2. The standard InChI is InChI=1S/C20H23N3O6S/c24-19-11-15(13-22(19)14-17-4-2-8-29-17)20(25)21-16-3-1-5-18(12-16)30(26,27)23-6-9-28-10-7-23/h1-5,8,12,15H,6-7,9-11,13-14H2,(H,21,25)/t15-/m0/s1. The highest BCUT2D eigenvalue weighted by molar-refractivity contribution is 7.89. The van der Waals surface area contributed by atoms with Gasteiger partial charge in [0.1, 0.15) is 5.76 Å². The van der Waals surface area contributed by atoms with Crippen LogP contribution in [-0.4, -0.2) is 62.3 Å². The van der Waals surface area contributed by atoms with Crippen LogP contribution in [0, 0.1) is 5.92 Å². The van der Waals surface area contributed by atoms with Crippen molar-refractivity contribution in [3.05, 3.63) is 48.4 Å². The summed E-state index contributed by atoms with van der Waals surface area (Å²) in [6.07, 6.45) is 1.65.